The van der Waals surface area contributed by atoms with Crippen molar-refractivity contribution < 1.29 is 0 Å². The third kappa shape index (κ3) is 1.91. The van der Waals surface area contributed by atoms with Gasteiger partial charge in [0.05, 0.1) is 0 Å². The van der Waals surface area contributed by atoms with E-state index in [0.29, 0.717) is 5.95 Å². The summed E-state index contributed by atoms with van der Waals surface area (Å²) in [4.78, 5) is 3.53. The summed E-state index contributed by atoms with van der Waals surface area (Å²) < 4.78 is 0. The first-order valence-electron chi connectivity index (χ1n) is 1.50. The molecule has 1 aromatic heterocycles. The monoisotopic (exact) mass is 107 g/mol. The van der Waals surface area contributed by atoms with Crippen LogP contribution in [-0.4, -0.2) is 44.7 Å². The van der Waals surface area contributed by atoms with Crippen molar-refractivity contribution in [3.63, 3.8) is 0 Å². The van der Waals surface area contributed by atoms with Crippen LogP contribution in [0.2, 0.25) is 0 Å². The second kappa shape index (κ2) is 3.01. The van der Waals surface area contributed by atoms with Crippen molar-refractivity contribution in [1.82, 2.24) is 15.2 Å². The molecule has 3 N–H and O–H groups in total. The minimum atomic E-state index is 0. The Morgan fingerprint density at radius 3 is 2.57 bits per heavy atom. The second-order valence-corrected chi connectivity index (χ2v) is 0.871. The molecule has 0 saturated heterocycles. The van der Waals surface area contributed by atoms with Crippen LogP contribution in [0.1, 0.15) is 0 Å². The van der Waals surface area contributed by atoms with Crippen molar-refractivity contribution in [2.75, 3.05) is 5.73 Å². The summed E-state index contributed by atoms with van der Waals surface area (Å²) in [6, 6.07) is 0. The molecule has 0 aromatic carbocycles. The zero-order valence-electron chi connectivity index (χ0n) is 4.05. The van der Waals surface area contributed by atoms with E-state index in [-0.39, 0.29) is 29.6 Å². The number of hydrogen-bond donors (Lipinski definition) is 2. The summed E-state index contributed by atoms with van der Waals surface area (Å²) in [6.45, 7) is 0. The Labute approximate surface area is 62.8 Å². The van der Waals surface area contributed by atoms with Crippen LogP contribution in [0.3, 0.4) is 0 Å². The summed E-state index contributed by atoms with van der Waals surface area (Å²) >= 11 is 0. The average Bonchev–Trinajstić information content (AvgIpc) is 1.86. The van der Waals surface area contributed by atoms with Gasteiger partial charge in [0.15, 0.2) is 0 Å². The number of nitrogens with zero attached hydrogens (tertiary/aromatic N) is 2. The van der Waals surface area contributed by atoms with Gasteiger partial charge in [-0.05, 0) is 0 Å². The number of nitrogen functional groups attached to an aromatic ring is 1. The number of nitrogens with one attached hydrogen (secondary N) is 1. The van der Waals surface area contributed by atoms with Crippen molar-refractivity contribution in [2.24, 2.45) is 0 Å². The Kier molecular flexibility index (Phi) is 2.98. The number of aromatic nitrogens is 3. The predicted octanol–water partition coefficient (Wildman–Crippen LogP) is -0.994. The van der Waals surface area contributed by atoms with Gasteiger partial charge < -0.3 is 5.73 Å². The zero-order chi connectivity index (χ0) is 4.41. The van der Waals surface area contributed by atoms with E-state index in [1.165, 1.54) is 6.33 Å². The molecule has 33 valence electrons. The number of nitrogens with two attached hydrogens (primary N) is 1. The number of aromatic amines is 1. The molecule has 0 atom stereocenters. The summed E-state index contributed by atoms with van der Waals surface area (Å²) in [5.74, 6) is 0.356. The molecule has 0 fully saturated rings. The van der Waals surface area contributed by atoms with Crippen LogP contribution in [0, 0.1) is 0 Å². The molecule has 0 aliphatic rings. The van der Waals surface area contributed by atoms with E-state index in [0.717, 1.165) is 0 Å². The maximum Gasteiger partial charge on any atom is 0.215 e. The van der Waals surface area contributed by atoms with Gasteiger partial charge in [-0.3, -0.25) is 0 Å². The van der Waals surface area contributed by atoms with Gasteiger partial charge >= 0.3 is 0 Å². The van der Waals surface area contributed by atoms with Crippen LogP contribution in [0.4, 0.5) is 5.95 Å². The molecule has 5 heteroatoms. The predicted molar refractivity (Wildman–Crippen MR) is 26.5 cm³/mol. The normalized spacial score (nSPS) is 7.43. The molecule has 0 aliphatic heterocycles. The van der Waals surface area contributed by atoms with E-state index in [4.69, 9.17) is 5.73 Å². The van der Waals surface area contributed by atoms with Crippen molar-refractivity contribution in [3.05, 3.63) is 6.33 Å². The minimum Gasteiger partial charge on any atom is -0.368 e. The van der Waals surface area contributed by atoms with E-state index in [1.54, 1.807) is 0 Å². The SMILES string of the molecule is Nc1ncn[nH]1.[Na]. The number of hydrogen-bond acceptors (Lipinski definition) is 3. The molecule has 1 radical (unpaired) electrons. The fraction of sp³-hybridized carbons (Fsp3) is 0. The van der Waals surface area contributed by atoms with Crippen molar-refractivity contribution >= 4 is 35.5 Å². The summed E-state index contributed by atoms with van der Waals surface area (Å²) in [5.41, 5.74) is 5.05. The molecule has 0 bridgehead atoms. The van der Waals surface area contributed by atoms with Gasteiger partial charge in [0, 0.05) is 29.6 Å². The van der Waals surface area contributed by atoms with Gasteiger partial charge in [0.25, 0.3) is 0 Å². The van der Waals surface area contributed by atoms with Crippen LogP contribution in [-0.2, 0) is 0 Å². The molecular formula is C2H4N4Na. The molecule has 0 spiro atoms. The van der Waals surface area contributed by atoms with Gasteiger partial charge in [-0.15, -0.1) is 0 Å². The van der Waals surface area contributed by atoms with Crippen LogP contribution in [0.5, 0.6) is 0 Å². The van der Waals surface area contributed by atoms with Gasteiger partial charge in [-0.25, -0.2) is 10.1 Å². The molecule has 1 heterocycles. The molecule has 0 aliphatic carbocycles. The maximum absolute atomic E-state index is 5.05. The quantitative estimate of drug-likeness (QED) is 0.418. The van der Waals surface area contributed by atoms with E-state index in [1.807, 2.05) is 0 Å². The van der Waals surface area contributed by atoms with Crippen molar-refractivity contribution in [1.29, 1.82) is 0 Å². The van der Waals surface area contributed by atoms with Gasteiger partial charge in [0.1, 0.15) is 6.33 Å². The summed E-state index contributed by atoms with van der Waals surface area (Å²) in [6.07, 6.45) is 1.36. The summed E-state index contributed by atoms with van der Waals surface area (Å²) in [7, 11) is 0. The van der Waals surface area contributed by atoms with E-state index < -0.39 is 0 Å². The smallest absolute Gasteiger partial charge is 0.215 e. The Balaban J connectivity index is 0.000000360. The molecule has 0 saturated carbocycles. The Hall–Kier alpha value is -0.0600. The Morgan fingerprint density at radius 1 is 1.71 bits per heavy atom. The average molecular weight is 107 g/mol. The van der Waals surface area contributed by atoms with E-state index in [2.05, 4.69) is 15.2 Å². The molecule has 0 amide bonds. The molecule has 1 rings (SSSR count). The third-order valence-electron chi connectivity index (χ3n) is 0.434. The molecule has 1 aromatic rings. The molecule has 4 nitrogen and oxygen atoms in total. The Morgan fingerprint density at radius 2 is 2.43 bits per heavy atom. The standard InChI is InChI=1S/C2H4N4.Na/c3-2-4-1-5-6-2;/h1H,(H3,3,4,5,6);. The van der Waals surface area contributed by atoms with Crippen molar-refractivity contribution in [2.45, 2.75) is 0 Å². The van der Waals surface area contributed by atoms with Crippen LogP contribution < -0.4 is 5.73 Å². The number of anilines is 1. The Bertz CT molecular complexity index is 113. The van der Waals surface area contributed by atoms with Crippen molar-refractivity contribution in [3.8, 4) is 0 Å². The minimum absolute atomic E-state index is 0. The van der Waals surface area contributed by atoms with E-state index >= 15 is 0 Å². The maximum atomic E-state index is 5.05. The first kappa shape index (κ1) is 6.94. The first-order chi connectivity index (χ1) is 2.89. The molecular weight excluding hydrogens is 103 g/mol. The summed E-state index contributed by atoms with van der Waals surface area (Å²) in [5, 5.41) is 5.88. The van der Waals surface area contributed by atoms with E-state index in [9.17, 15) is 0 Å². The molecule has 0 unspecified atom stereocenters. The number of H-pyrrole nitrogens is 1. The molecule has 7 heavy (non-hydrogen) atoms. The third-order valence-corrected chi connectivity index (χ3v) is 0.434. The zero-order valence-corrected chi connectivity index (χ0v) is 6.05. The number of rotatable bonds is 0. The first-order valence-corrected chi connectivity index (χ1v) is 1.50. The fourth-order valence-corrected chi connectivity index (χ4v) is 0.215. The van der Waals surface area contributed by atoms with Crippen LogP contribution in [0.25, 0.3) is 0 Å². The van der Waals surface area contributed by atoms with Gasteiger partial charge in [-0.1, -0.05) is 0 Å². The van der Waals surface area contributed by atoms with Gasteiger partial charge in [0.2, 0.25) is 5.95 Å². The fourth-order valence-electron chi connectivity index (χ4n) is 0.215. The van der Waals surface area contributed by atoms with Crippen LogP contribution in [0.15, 0.2) is 6.33 Å². The second-order valence-electron chi connectivity index (χ2n) is 0.871. The largest absolute Gasteiger partial charge is 0.368 e. The van der Waals surface area contributed by atoms with Gasteiger partial charge in [-0.2, -0.15) is 5.10 Å². The topological polar surface area (TPSA) is 67.6 Å². The van der Waals surface area contributed by atoms with Crippen LogP contribution >= 0.6 is 0 Å².